The average molecular weight is 644 g/mol. The molecule has 47 heavy (non-hydrogen) atoms. The zero-order valence-corrected chi connectivity index (χ0v) is 27.8. The molecule has 1 heterocycles. The fraction of sp³-hybridized carbons (Fsp3) is 0.444. The number of nitrogens with zero attached hydrogens (tertiary/aromatic N) is 3. The molecule has 2 aromatic carbocycles. The van der Waals surface area contributed by atoms with E-state index in [1.165, 1.54) is 13.2 Å². The molecule has 3 aliphatic rings. The molecule has 0 atom stereocenters. The topological polar surface area (TPSA) is 142 Å². The minimum atomic E-state index is -0.741. The highest BCUT2D eigenvalue weighted by molar-refractivity contribution is 6.07. The van der Waals surface area contributed by atoms with Gasteiger partial charge in [0.15, 0.2) is 23.1 Å². The van der Waals surface area contributed by atoms with E-state index in [1.807, 2.05) is 6.07 Å². The SMILES string of the molecule is C=CCc1cc(C2C3=C(CC(C)(C)CC3=O)N(CCC)C3=C2C(=O)CC(C)(C)C3)cc(OC)c1Oc1ccc([N+](=O)[O-])cc1[N+](=O)[O-]. The maximum Gasteiger partial charge on any atom is 0.318 e. The van der Waals surface area contributed by atoms with E-state index in [-0.39, 0.29) is 46.1 Å². The Kier molecular flexibility index (Phi) is 8.87. The summed E-state index contributed by atoms with van der Waals surface area (Å²) < 4.78 is 11.9. The number of carbonyl (C=O) groups excluding carboxylic acids is 2. The van der Waals surface area contributed by atoms with Gasteiger partial charge in [-0.05, 0) is 54.2 Å². The number of methoxy groups -OCH3 is 1. The zero-order chi connectivity index (χ0) is 34.4. The van der Waals surface area contributed by atoms with E-state index in [4.69, 9.17) is 9.47 Å². The Morgan fingerprint density at radius 2 is 1.51 bits per heavy atom. The predicted molar refractivity (Wildman–Crippen MR) is 177 cm³/mol. The quantitative estimate of drug-likeness (QED) is 0.142. The van der Waals surface area contributed by atoms with E-state index >= 15 is 0 Å². The highest BCUT2D eigenvalue weighted by Crippen LogP contribution is 2.55. The van der Waals surface area contributed by atoms with E-state index in [0.717, 1.165) is 29.9 Å². The van der Waals surface area contributed by atoms with Crippen LogP contribution < -0.4 is 9.47 Å². The van der Waals surface area contributed by atoms with Gasteiger partial charge in [0.2, 0.25) is 5.75 Å². The van der Waals surface area contributed by atoms with Gasteiger partial charge in [0.1, 0.15) is 0 Å². The maximum absolute atomic E-state index is 14.1. The molecule has 0 amide bonds. The van der Waals surface area contributed by atoms with Crippen LogP contribution in [0.15, 0.2) is 65.5 Å². The highest BCUT2D eigenvalue weighted by atomic mass is 16.6. The van der Waals surface area contributed by atoms with Gasteiger partial charge in [0, 0.05) is 59.5 Å². The molecule has 0 saturated heterocycles. The zero-order valence-electron chi connectivity index (χ0n) is 27.8. The number of non-ortho nitro benzene ring substituents is 1. The molecule has 0 spiro atoms. The van der Waals surface area contributed by atoms with Crippen molar-refractivity contribution in [1.82, 2.24) is 4.90 Å². The third kappa shape index (κ3) is 6.31. The van der Waals surface area contributed by atoms with E-state index in [2.05, 4.69) is 46.1 Å². The molecular weight excluding hydrogens is 602 g/mol. The monoisotopic (exact) mass is 643 g/mol. The maximum atomic E-state index is 14.1. The van der Waals surface area contributed by atoms with Crippen LogP contribution in [-0.4, -0.2) is 40.0 Å². The summed E-state index contributed by atoms with van der Waals surface area (Å²) in [6, 6.07) is 6.75. The Morgan fingerprint density at radius 3 is 2.00 bits per heavy atom. The number of Topliss-reactive ketones (excluding diaryl/α,β-unsaturated/α-hetero) is 2. The number of rotatable bonds is 10. The molecule has 248 valence electrons. The first-order valence-electron chi connectivity index (χ1n) is 15.8. The summed E-state index contributed by atoms with van der Waals surface area (Å²) in [4.78, 5) is 52.2. The summed E-state index contributed by atoms with van der Waals surface area (Å²) in [5, 5.41) is 23.2. The van der Waals surface area contributed by atoms with Crippen LogP contribution in [0.3, 0.4) is 0 Å². The molecule has 11 heteroatoms. The number of allylic oxidation sites excluding steroid dienone is 5. The van der Waals surface area contributed by atoms with Gasteiger partial charge >= 0.3 is 5.69 Å². The fourth-order valence-electron chi connectivity index (χ4n) is 7.26. The van der Waals surface area contributed by atoms with Crippen LogP contribution in [0.25, 0.3) is 0 Å². The number of carbonyl (C=O) groups is 2. The molecule has 0 aromatic heterocycles. The lowest BCUT2D eigenvalue weighted by atomic mass is 9.63. The number of ketones is 2. The number of hydrogen-bond donors (Lipinski definition) is 0. The second-order valence-corrected chi connectivity index (χ2v) is 14.2. The van der Waals surface area contributed by atoms with Crippen molar-refractivity contribution in [1.29, 1.82) is 0 Å². The second-order valence-electron chi connectivity index (χ2n) is 14.2. The van der Waals surface area contributed by atoms with Gasteiger partial charge in [0.05, 0.1) is 23.0 Å². The number of ether oxygens (including phenoxy) is 2. The Bertz CT molecular complexity index is 1710. The molecule has 2 aliphatic carbocycles. The first kappa shape index (κ1) is 33.6. The van der Waals surface area contributed by atoms with Crippen LogP contribution in [0, 0.1) is 31.1 Å². The van der Waals surface area contributed by atoms with Crippen molar-refractivity contribution < 1.29 is 28.9 Å². The molecule has 0 bridgehead atoms. The van der Waals surface area contributed by atoms with Crippen LogP contribution in [0.2, 0.25) is 0 Å². The van der Waals surface area contributed by atoms with Crippen LogP contribution in [-0.2, 0) is 16.0 Å². The van der Waals surface area contributed by atoms with Gasteiger partial charge in [-0.25, -0.2) is 0 Å². The van der Waals surface area contributed by atoms with Crippen molar-refractivity contribution in [2.45, 2.75) is 79.1 Å². The number of nitro groups is 2. The van der Waals surface area contributed by atoms with Gasteiger partial charge in [0.25, 0.3) is 5.69 Å². The van der Waals surface area contributed by atoms with Crippen molar-refractivity contribution in [3.05, 3.63) is 96.9 Å². The number of hydrogen-bond acceptors (Lipinski definition) is 9. The van der Waals surface area contributed by atoms with E-state index in [0.29, 0.717) is 54.5 Å². The molecule has 11 nitrogen and oxygen atoms in total. The van der Waals surface area contributed by atoms with Crippen molar-refractivity contribution in [3.8, 4) is 17.2 Å². The third-order valence-electron chi connectivity index (χ3n) is 9.10. The van der Waals surface area contributed by atoms with Gasteiger partial charge in [-0.1, -0.05) is 46.8 Å². The van der Waals surface area contributed by atoms with E-state index in [1.54, 1.807) is 12.1 Å². The Morgan fingerprint density at radius 1 is 0.915 bits per heavy atom. The van der Waals surface area contributed by atoms with Crippen LogP contribution in [0.1, 0.15) is 83.8 Å². The van der Waals surface area contributed by atoms with Gasteiger partial charge in [-0.15, -0.1) is 6.58 Å². The lowest BCUT2D eigenvalue weighted by molar-refractivity contribution is -0.394. The fourth-order valence-corrected chi connectivity index (χ4v) is 7.26. The Hall–Kier alpha value is -4.80. The minimum absolute atomic E-state index is 0.0117. The summed E-state index contributed by atoms with van der Waals surface area (Å²) in [6.07, 6.45) is 4.86. The van der Waals surface area contributed by atoms with Gasteiger partial charge in [-0.3, -0.25) is 29.8 Å². The molecular formula is C36H41N3O8. The lowest BCUT2D eigenvalue weighted by Gasteiger charge is -2.49. The van der Waals surface area contributed by atoms with Gasteiger partial charge < -0.3 is 14.4 Å². The van der Waals surface area contributed by atoms with E-state index < -0.39 is 27.1 Å². The van der Waals surface area contributed by atoms with Crippen LogP contribution >= 0.6 is 0 Å². The van der Waals surface area contributed by atoms with Crippen molar-refractivity contribution in [2.75, 3.05) is 13.7 Å². The largest absolute Gasteiger partial charge is 0.493 e. The molecule has 2 aromatic rings. The van der Waals surface area contributed by atoms with Crippen LogP contribution in [0.5, 0.6) is 17.2 Å². The Labute approximate surface area is 274 Å². The summed E-state index contributed by atoms with van der Waals surface area (Å²) in [5.74, 6) is -0.392. The molecule has 1 aliphatic heterocycles. The summed E-state index contributed by atoms with van der Waals surface area (Å²) in [5.41, 5.74) is 2.93. The van der Waals surface area contributed by atoms with Crippen molar-refractivity contribution in [3.63, 3.8) is 0 Å². The van der Waals surface area contributed by atoms with Crippen LogP contribution in [0.4, 0.5) is 11.4 Å². The predicted octanol–water partition coefficient (Wildman–Crippen LogP) is 8.13. The first-order chi connectivity index (χ1) is 22.1. The minimum Gasteiger partial charge on any atom is -0.493 e. The van der Waals surface area contributed by atoms with Crippen molar-refractivity contribution in [2.24, 2.45) is 10.8 Å². The molecule has 0 radical (unpaired) electrons. The Balaban J connectivity index is 1.74. The summed E-state index contributed by atoms with van der Waals surface area (Å²) in [7, 11) is 1.44. The van der Waals surface area contributed by atoms with Crippen molar-refractivity contribution >= 4 is 22.9 Å². The summed E-state index contributed by atoms with van der Waals surface area (Å²) in [6.45, 7) is 15.1. The molecule has 5 rings (SSSR count). The van der Waals surface area contributed by atoms with Gasteiger partial charge in [-0.2, -0.15) is 0 Å². The average Bonchev–Trinajstić information content (AvgIpc) is 2.97. The number of benzene rings is 2. The molecule has 0 fully saturated rings. The summed E-state index contributed by atoms with van der Waals surface area (Å²) >= 11 is 0. The first-order valence-corrected chi connectivity index (χ1v) is 15.8. The standard InChI is InChI=1S/C36H41N3O8/c1-8-10-21-14-22(15-30(46-7)34(21)47-29-12-11-23(38(42)43)16-24(29)39(44)45)31-32-25(17-35(3,4)19-27(32)40)37(13-9-2)26-18-36(5,6)20-28(41)33(26)31/h8,11-12,14-16,31H,1,9-10,13,17-20H2,2-7H3. The second kappa shape index (κ2) is 12.4. The molecule has 0 N–H and O–H groups in total. The normalized spacial score (nSPS) is 18.9. The third-order valence-corrected chi connectivity index (χ3v) is 9.10. The lowest BCUT2D eigenvalue weighted by Crippen LogP contribution is -2.44. The molecule has 0 unspecified atom stereocenters. The van der Waals surface area contributed by atoms with E-state index in [9.17, 15) is 29.8 Å². The smallest absolute Gasteiger partial charge is 0.318 e. The number of nitro benzene ring substituents is 2. The highest BCUT2D eigenvalue weighted by Gasteiger charge is 2.49. The molecule has 0 saturated carbocycles.